The molecule has 0 aliphatic rings. The standard InChI is InChI=1S/C21H19N3O5/c1-2-12-28-18-8-6-15(7-9-18)21(25)23-22-14-19-10-11-20(29-19)16-4-3-5-17(13-16)24(26)27/h3-11,13-14H,2,12H2,1H3,(H,23,25)/b22-14-. The molecule has 1 amide bonds. The quantitative estimate of drug-likeness (QED) is 0.347. The van der Waals surface area contributed by atoms with Gasteiger partial charge in [0.1, 0.15) is 17.3 Å². The molecule has 0 saturated carbocycles. The Balaban J connectivity index is 1.60. The number of non-ortho nitro benzene ring substituents is 1. The molecule has 0 unspecified atom stereocenters. The number of rotatable bonds is 8. The van der Waals surface area contributed by atoms with Crippen molar-refractivity contribution in [3.05, 3.63) is 82.1 Å². The van der Waals surface area contributed by atoms with Crippen LogP contribution < -0.4 is 10.2 Å². The Hall–Kier alpha value is -3.94. The van der Waals surface area contributed by atoms with Gasteiger partial charge in [-0.2, -0.15) is 5.10 Å². The largest absolute Gasteiger partial charge is 0.494 e. The topological polar surface area (TPSA) is 107 Å². The van der Waals surface area contributed by atoms with Gasteiger partial charge in [-0.05, 0) is 42.8 Å². The van der Waals surface area contributed by atoms with Crippen molar-refractivity contribution < 1.29 is 18.9 Å². The molecule has 0 spiro atoms. The molecule has 0 radical (unpaired) electrons. The molecule has 0 bridgehead atoms. The Morgan fingerprint density at radius 2 is 2.00 bits per heavy atom. The summed E-state index contributed by atoms with van der Waals surface area (Å²) < 4.78 is 11.1. The fourth-order valence-electron chi connectivity index (χ4n) is 2.49. The highest BCUT2D eigenvalue weighted by Gasteiger charge is 2.10. The molecule has 0 saturated heterocycles. The van der Waals surface area contributed by atoms with Crippen LogP contribution in [0.4, 0.5) is 5.69 Å². The molecule has 8 nitrogen and oxygen atoms in total. The van der Waals surface area contributed by atoms with Crippen molar-refractivity contribution in [3.63, 3.8) is 0 Å². The summed E-state index contributed by atoms with van der Waals surface area (Å²) in [6.45, 7) is 2.64. The van der Waals surface area contributed by atoms with Gasteiger partial charge in [-0.1, -0.05) is 19.1 Å². The predicted molar refractivity (Wildman–Crippen MR) is 108 cm³/mol. The summed E-state index contributed by atoms with van der Waals surface area (Å²) in [6.07, 6.45) is 2.27. The molecule has 0 aliphatic carbocycles. The van der Waals surface area contributed by atoms with Crippen LogP contribution in [0.2, 0.25) is 0 Å². The summed E-state index contributed by atoms with van der Waals surface area (Å²) in [5.74, 6) is 1.20. The predicted octanol–water partition coefficient (Wildman–Crippen LogP) is 4.41. The number of carbonyl (C=O) groups excluding carboxylic acids is 1. The number of carbonyl (C=O) groups is 1. The minimum absolute atomic E-state index is 0.0208. The van der Waals surface area contributed by atoms with Crippen LogP contribution in [-0.2, 0) is 0 Å². The molecule has 3 rings (SSSR count). The molecule has 29 heavy (non-hydrogen) atoms. The van der Waals surface area contributed by atoms with Crippen LogP contribution in [0.25, 0.3) is 11.3 Å². The Kier molecular flexibility index (Phi) is 6.36. The minimum atomic E-state index is -0.465. The summed E-state index contributed by atoms with van der Waals surface area (Å²) in [5.41, 5.74) is 3.43. The molecule has 3 aromatic rings. The van der Waals surface area contributed by atoms with E-state index >= 15 is 0 Å². The zero-order valence-corrected chi connectivity index (χ0v) is 15.7. The Morgan fingerprint density at radius 1 is 1.21 bits per heavy atom. The minimum Gasteiger partial charge on any atom is -0.494 e. The summed E-state index contributed by atoms with van der Waals surface area (Å²) in [5, 5.41) is 14.8. The highest BCUT2D eigenvalue weighted by atomic mass is 16.6. The molecule has 0 fully saturated rings. The third kappa shape index (κ3) is 5.29. The number of nitrogens with zero attached hydrogens (tertiary/aromatic N) is 2. The van der Waals surface area contributed by atoms with Gasteiger partial charge in [0.05, 0.1) is 17.7 Å². The summed E-state index contributed by atoms with van der Waals surface area (Å²) in [4.78, 5) is 22.5. The third-order valence-corrected chi connectivity index (χ3v) is 3.92. The van der Waals surface area contributed by atoms with E-state index in [2.05, 4.69) is 10.5 Å². The lowest BCUT2D eigenvalue weighted by Gasteiger charge is -2.05. The molecule has 148 valence electrons. The van der Waals surface area contributed by atoms with Crippen LogP contribution in [0, 0.1) is 10.1 Å². The van der Waals surface area contributed by atoms with Crippen molar-refractivity contribution in [2.24, 2.45) is 5.10 Å². The monoisotopic (exact) mass is 393 g/mol. The zero-order chi connectivity index (χ0) is 20.6. The van der Waals surface area contributed by atoms with Gasteiger partial charge < -0.3 is 9.15 Å². The fourth-order valence-corrected chi connectivity index (χ4v) is 2.49. The SMILES string of the molecule is CCCOc1ccc(C(=O)N/N=C\c2ccc(-c3cccc([N+](=O)[O-])c3)o2)cc1. The third-order valence-electron chi connectivity index (χ3n) is 3.92. The first kappa shape index (κ1) is 19.8. The van der Waals surface area contributed by atoms with E-state index in [1.54, 1.807) is 48.5 Å². The van der Waals surface area contributed by atoms with E-state index < -0.39 is 4.92 Å². The molecule has 2 aromatic carbocycles. The number of nitro groups is 1. The van der Waals surface area contributed by atoms with Crippen molar-refractivity contribution in [2.45, 2.75) is 13.3 Å². The van der Waals surface area contributed by atoms with Gasteiger partial charge in [0.25, 0.3) is 11.6 Å². The first-order valence-corrected chi connectivity index (χ1v) is 8.97. The molecule has 1 aromatic heterocycles. The summed E-state index contributed by atoms with van der Waals surface area (Å²) in [6, 6.07) is 16.2. The maximum absolute atomic E-state index is 12.1. The van der Waals surface area contributed by atoms with E-state index in [9.17, 15) is 14.9 Å². The molecule has 8 heteroatoms. The number of nitrogens with one attached hydrogen (secondary N) is 1. The number of hydrazone groups is 1. The van der Waals surface area contributed by atoms with E-state index in [1.165, 1.54) is 18.3 Å². The molecule has 0 atom stereocenters. The summed E-state index contributed by atoms with van der Waals surface area (Å²) in [7, 11) is 0. The van der Waals surface area contributed by atoms with Crippen molar-refractivity contribution in [1.82, 2.24) is 5.43 Å². The number of furan rings is 1. The number of ether oxygens (including phenoxy) is 1. The second-order valence-electron chi connectivity index (χ2n) is 6.08. The zero-order valence-electron chi connectivity index (χ0n) is 15.7. The highest BCUT2D eigenvalue weighted by molar-refractivity contribution is 5.94. The van der Waals surface area contributed by atoms with Gasteiger partial charge in [0, 0.05) is 23.3 Å². The lowest BCUT2D eigenvalue weighted by atomic mass is 10.1. The average molecular weight is 393 g/mol. The number of amides is 1. The first-order valence-electron chi connectivity index (χ1n) is 8.97. The van der Waals surface area contributed by atoms with Crippen molar-refractivity contribution in [1.29, 1.82) is 0 Å². The maximum Gasteiger partial charge on any atom is 0.271 e. The number of nitro benzene ring substituents is 1. The van der Waals surface area contributed by atoms with Gasteiger partial charge >= 0.3 is 0 Å². The Bertz CT molecular complexity index is 1020. The average Bonchev–Trinajstić information content (AvgIpc) is 3.21. The van der Waals surface area contributed by atoms with Crippen LogP contribution in [0.5, 0.6) is 5.75 Å². The van der Waals surface area contributed by atoms with Gasteiger partial charge in [-0.3, -0.25) is 14.9 Å². The number of benzene rings is 2. The van der Waals surface area contributed by atoms with Crippen molar-refractivity contribution in [3.8, 4) is 17.1 Å². The Morgan fingerprint density at radius 3 is 2.72 bits per heavy atom. The second kappa shape index (κ2) is 9.32. The van der Waals surface area contributed by atoms with Crippen LogP contribution in [0.15, 0.2) is 70.2 Å². The van der Waals surface area contributed by atoms with Gasteiger partial charge in [0.15, 0.2) is 0 Å². The lowest BCUT2D eigenvalue weighted by molar-refractivity contribution is -0.384. The molecular weight excluding hydrogens is 374 g/mol. The van der Waals surface area contributed by atoms with E-state index in [1.807, 2.05) is 6.92 Å². The lowest BCUT2D eigenvalue weighted by Crippen LogP contribution is -2.17. The highest BCUT2D eigenvalue weighted by Crippen LogP contribution is 2.25. The van der Waals surface area contributed by atoms with Gasteiger partial charge in [-0.25, -0.2) is 5.43 Å². The van der Waals surface area contributed by atoms with Crippen LogP contribution in [0.1, 0.15) is 29.5 Å². The van der Waals surface area contributed by atoms with Crippen molar-refractivity contribution >= 4 is 17.8 Å². The van der Waals surface area contributed by atoms with Crippen LogP contribution >= 0.6 is 0 Å². The van der Waals surface area contributed by atoms with E-state index in [0.717, 1.165) is 6.42 Å². The number of hydrogen-bond donors (Lipinski definition) is 1. The second-order valence-corrected chi connectivity index (χ2v) is 6.08. The molecule has 0 aliphatic heterocycles. The first-order chi connectivity index (χ1) is 14.1. The summed E-state index contributed by atoms with van der Waals surface area (Å²) >= 11 is 0. The Labute approximate surface area is 167 Å². The smallest absolute Gasteiger partial charge is 0.271 e. The van der Waals surface area contributed by atoms with E-state index in [4.69, 9.17) is 9.15 Å². The normalized spacial score (nSPS) is 10.8. The maximum atomic E-state index is 12.1. The van der Waals surface area contributed by atoms with Gasteiger partial charge in [0.2, 0.25) is 0 Å². The molecule has 1 N–H and O–H groups in total. The van der Waals surface area contributed by atoms with Gasteiger partial charge in [-0.15, -0.1) is 0 Å². The van der Waals surface area contributed by atoms with E-state index in [0.29, 0.717) is 35.0 Å². The van der Waals surface area contributed by atoms with Crippen molar-refractivity contribution in [2.75, 3.05) is 6.61 Å². The van der Waals surface area contributed by atoms with Crippen LogP contribution in [0.3, 0.4) is 0 Å². The number of hydrogen-bond acceptors (Lipinski definition) is 6. The van der Waals surface area contributed by atoms with E-state index in [-0.39, 0.29) is 11.6 Å². The molecular formula is C21H19N3O5. The fraction of sp³-hybridized carbons (Fsp3) is 0.143. The van der Waals surface area contributed by atoms with Crippen LogP contribution in [-0.4, -0.2) is 23.7 Å². The molecule has 1 heterocycles.